The molecule has 19 heavy (non-hydrogen) atoms. The monoisotopic (exact) mass is 261 g/mol. The highest BCUT2D eigenvalue weighted by Crippen LogP contribution is 2.15. The first-order valence-electron chi connectivity index (χ1n) is 6.31. The minimum Gasteiger partial charge on any atom is -0.486 e. The first kappa shape index (κ1) is 13.5. The van der Waals surface area contributed by atoms with Gasteiger partial charge in [-0.2, -0.15) is 0 Å². The quantitative estimate of drug-likeness (QED) is 0.888. The van der Waals surface area contributed by atoms with Crippen LogP contribution in [0.25, 0.3) is 0 Å². The van der Waals surface area contributed by atoms with Crippen molar-refractivity contribution in [2.24, 2.45) is 7.05 Å². The van der Waals surface area contributed by atoms with Crippen LogP contribution in [-0.4, -0.2) is 26.0 Å². The molecule has 1 N–H and O–H groups in total. The molecule has 1 atom stereocenters. The van der Waals surface area contributed by atoms with Crippen molar-refractivity contribution in [3.8, 4) is 5.75 Å². The van der Waals surface area contributed by atoms with Crippen LogP contribution in [0.15, 0.2) is 24.3 Å². The average Bonchev–Trinajstić information content (AvgIpc) is 2.69. The van der Waals surface area contributed by atoms with Crippen LogP contribution in [0.1, 0.15) is 24.1 Å². The molecule has 1 aromatic heterocycles. The highest BCUT2D eigenvalue weighted by atomic mass is 16.5. The predicted molar refractivity (Wildman–Crippen MR) is 71.9 cm³/mol. The van der Waals surface area contributed by atoms with Gasteiger partial charge in [-0.25, -0.2) is 0 Å². The van der Waals surface area contributed by atoms with Crippen LogP contribution in [0.5, 0.6) is 5.75 Å². The SMILES string of the molecule is Cc1nnc(COc2ccc(CC(C)O)cc2)n1C. The second-order valence-electron chi connectivity index (χ2n) is 4.71. The number of rotatable bonds is 5. The van der Waals surface area contributed by atoms with Crippen molar-refractivity contribution in [3.05, 3.63) is 41.5 Å². The van der Waals surface area contributed by atoms with Gasteiger partial charge in [0, 0.05) is 7.05 Å². The molecule has 0 saturated heterocycles. The van der Waals surface area contributed by atoms with Gasteiger partial charge in [0.05, 0.1) is 6.10 Å². The van der Waals surface area contributed by atoms with Gasteiger partial charge in [0.2, 0.25) is 0 Å². The maximum Gasteiger partial charge on any atom is 0.170 e. The summed E-state index contributed by atoms with van der Waals surface area (Å²) in [6, 6.07) is 7.73. The number of ether oxygens (including phenoxy) is 1. The van der Waals surface area contributed by atoms with E-state index < -0.39 is 0 Å². The fraction of sp³-hybridized carbons (Fsp3) is 0.429. The topological polar surface area (TPSA) is 60.2 Å². The first-order chi connectivity index (χ1) is 9.06. The zero-order valence-electron chi connectivity index (χ0n) is 11.5. The molecule has 1 unspecified atom stereocenters. The number of aryl methyl sites for hydroxylation is 1. The molecule has 0 aliphatic carbocycles. The Morgan fingerprint density at radius 3 is 2.47 bits per heavy atom. The predicted octanol–water partition coefficient (Wildman–Crippen LogP) is 1.63. The lowest BCUT2D eigenvalue weighted by molar-refractivity contribution is 0.195. The van der Waals surface area contributed by atoms with Crippen molar-refractivity contribution < 1.29 is 9.84 Å². The highest BCUT2D eigenvalue weighted by molar-refractivity contribution is 5.27. The lowest BCUT2D eigenvalue weighted by Gasteiger charge is -2.08. The zero-order valence-corrected chi connectivity index (χ0v) is 11.5. The molecule has 2 aromatic rings. The van der Waals surface area contributed by atoms with E-state index in [4.69, 9.17) is 4.74 Å². The Morgan fingerprint density at radius 2 is 1.95 bits per heavy atom. The van der Waals surface area contributed by atoms with Crippen LogP contribution in [0.2, 0.25) is 0 Å². The maximum absolute atomic E-state index is 9.31. The van der Waals surface area contributed by atoms with Crippen molar-refractivity contribution in [1.82, 2.24) is 14.8 Å². The summed E-state index contributed by atoms with van der Waals surface area (Å²) in [6.45, 7) is 4.08. The molecule has 5 nitrogen and oxygen atoms in total. The van der Waals surface area contributed by atoms with Crippen LogP contribution in [0.3, 0.4) is 0 Å². The molecule has 0 saturated carbocycles. The Morgan fingerprint density at radius 1 is 1.26 bits per heavy atom. The van der Waals surface area contributed by atoms with Gasteiger partial charge in [-0.05, 0) is 38.0 Å². The van der Waals surface area contributed by atoms with Crippen LogP contribution >= 0.6 is 0 Å². The van der Waals surface area contributed by atoms with E-state index in [1.807, 2.05) is 42.8 Å². The Labute approximate surface area is 112 Å². The Balaban J connectivity index is 1.95. The third-order valence-corrected chi connectivity index (χ3v) is 3.01. The third-order valence-electron chi connectivity index (χ3n) is 3.01. The van der Waals surface area contributed by atoms with E-state index in [9.17, 15) is 5.11 Å². The van der Waals surface area contributed by atoms with E-state index in [0.29, 0.717) is 13.0 Å². The van der Waals surface area contributed by atoms with Crippen LogP contribution in [-0.2, 0) is 20.1 Å². The standard InChI is InChI=1S/C14H19N3O2/c1-10(18)8-12-4-6-13(7-5-12)19-9-14-16-15-11(2)17(14)3/h4-7,10,18H,8-9H2,1-3H3. The Kier molecular flexibility index (Phi) is 4.16. The fourth-order valence-corrected chi connectivity index (χ4v) is 1.79. The summed E-state index contributed by atoms with van der Waals surface area (Å²) in [7, 11) is 1.92. The third kappa shape index (κ3) is 3.54. The van der Waals surface area contributed by atoms with Gasteiger partial charge in [0.1, 0.15) is 18.2 Å². The van der Waals surface area contributed by atoms with Gasteiger partial charge in [-0.1, -0.05) is 12.1 Å². The van der Waals surface area contributed by atoms with Crippen molar-refractivity contribution in [2.45, 2.75) is 33.0 Å². The first-order valence-corrected chi connectivity index (χ1v) is 6.31. The number of hydrogen-bond donors (Lipinski definition) is 1. The molecule has 0 bridgehead atoms. The number of aliphatic hydroxyl groups is 1. The molecule has 0 radical (unpaired) electrons. The maximum atomic E-state index is 9.31. The summed E-state index contributed by atoms with van der Waals surface area (Å²) in [6.07, 6.45) is 0.330. The van der Waals surface area contributed by atoms with Gasteiger partial charge in [-0.15, -0.1) is 10.2 Å². The number of benzene rings is 1. The van der Waals surface area contributed by atoms with E-state index >= 15 is 0 Å². The van der Waals surface area contributed by atoms with Gasteiger partial charge < -0.3 is 14.4 Å². The van der Waals surface area contributed by atoms with Crippen molar-refractivity contribution >= 4 is 0 Å². The van der Waals surface area contributed by atoms with E-state index in [0.717, 1.165) is 23.0 Å². The lowest BCUT2D eigenvalue weighted by Crippen LogP contribution is -2.05. The van der Waals surface area contributed by atoms with E-state index in [1.54, 1.807) is 6.92 Å². The molecule has 102 valence electrons. The second-order valence-corrected chi connectivity index (χ2v) is 4.71. The van der Waals surface area contributed by atoms with Crippen molar-refractivity contribution in [1.29, 1.82) is 0 Å². The van der Waals surface area contributed by atoms with E-state index in [2.05, 4.69) is 10.2 Å². The summed E-state index contributed by atoms with van der Waals surface area (Å²) in [4.78, 5) is 0. The molecule has 2 rings (SSSR count). The Hall–Kier alpha value is -1.88. The molecule has 0 fully saturated rings. The smallest absolute Gasteiger partial charge is 0.170 e. The summed E-state index contributed by atoms with van der Waals surface area (Å²) >= 11 is 0. The van der Waals surface area contributed by atoms with Gasteiger partial charge in [-0.3, -0.25) is 0 Å². The molecule has 0 aliphatic rings. The van der Waals surface area contributed by atoms with Gasteiger partial charge >= 0.3 is 0 Å². The number of hydrogen-bond acceptors (Lipinski definition) is 4. The van der Waals surface area contributed by atoms with Crippen molar-refractivity contribution in [3.63, 3.8) is 0 Å². The second kappa shape index (κ2) is 5.84. The van der Waals surface area contributed by atoms with Gasteiger partial charge in [0.15, 0.2) is 5.82 Å². The Bertz CT molecular complexity index is 532. The molecule has 1 aromatic carbocycles. The molecule has 0 spiro atoms. The summed E-state index contributed by atoms with van der Waals surface area (Å²) in [5.41, 5.74) is 1.09. The van der Waals surface area contributed by atoms with Gasteiger partial charge in [0.25, 0.3) is 0 Å². The molecule has 0 amide bonds. The summed E-state index contributed by atoms with van der Waals surface area (Å²) < 4.78 is 7.56. The van der Waals surface area contributed by atoms with E-state index in [1.165, 1.54) is 0 Å². The normalized spacial score (nSPS) is 12.4. The van der Waals surface area contributed by atoms with Crippen LogP contribution in [0.4, 0.5) is 0 Å². The minimum absolute atomic E-state index is 0.326. The molecule has 5 heteroatoms. The molecule has 1 heterocycles. The van der Waals surface area contributed by atoms with Crippen molar-refractivity contribution in [2.75, 3.05) is 0 Å². The number of nitrogens with zero attached hydrogens (tertiary/aromatic N) is 3. The molecular weight excluding hydrogens is 242 g/mol. The highest BCUT2D eigenvalue weighted by Gasteiger charge is 2.05. The average molecular weight is 261 g/mol. The molecular formula is C14H19N3O2. The number of aliphatic hydroxyl groups excluding tert-OH is 1. The zero-order chi connectivity index (χ0) is 13.8. The summed E-state index contributed by atoms with van der Waals surface area (Å²) in [5.74, 6) is 2.45. The molecule has 0 aliphatic heterocycles. The number of aromatic nitrogens is 3. The lowest BCUT2D eigenvalue weighted by atomic mass is 10.1. The minimum atomic E-state index is -0.326. The van der Waals surface area contributed by atoms with E-state index in [-0.39, 0.29) is 6.10 Å². The largest absolute Gasteiger partial charge is 0.486 e. The summed E-state index contributed by atoms with van der Waals surface area (Å²) in [5, 5.41) is 17.3. The van der Waals surface area contributed by atoms with Crippen LogP contribution in [0, 0.1) is 6.92 Å². The van der Waals surface area contributed by atoms with Crippen LogP contribution < -0.4 is 4.74 Å². The fourth-order valence-electron chi connectivity index (χ4n) is 1.79.